The zero-order valence-corrected chi connectivity index (χ0v) is 10.2. The SMILES string of the molecule is CCn1nc(C)c(N)c1C(=O)N1CC(CO)C1. The van der Waals surface area contributed by atoms with Crippen LogP contribution in [0.4, 0.5) is 5.69 Å². The first-order chi connectivity index (χ1) is 8.08. The van der Waals surface area contributed by atoms with Crippen molar-refractivity contribution >= 4 is 11.6 Å². The number of rotatable bonds is 3. The van der Waals surface area contributed by atoms with Gasteiger partial charge in [-0.2, -0.15) is 5.10 Å². The van der Waals surface area contributed by atoms with E-state index in [2.05, 4.69) is 5.10 Å². The van der Waals surface area contributed by atoms with Crippen LogP contribution in [0.2, 0.25) is 0 Å². The van der Waals surface area contributed by atoms with Crippen molar-refractivity contribution in [1.82, 2.24) is 14.7 Å². The maximum atomic E-state index is 12.2. The number of aromatic nitrogens is 2. The third-order valence-corrected chi connectivity index (χ3v) is 3.18. The van der Waals surface area contributed by atoms with Crippen LogP contribution in [0, 0.1) is 12.8 Å². The average molecular weight is 238 g/mol. The van der Waals surface area contributed by atoms with Crippen molar-refractivity contribution in [1.29, 1.82) is 0 Å². The maximum absolute atomic E-state index is 12.2. The van der Waals surface area contributed by atoms with Crippen LogP contribution >= 0.6 is 0 Å². The molecule has 1 aliphatic rings. The third-order valence-electron chi connectivity index (χ3n) is 3.18. The highest BCUT2D eigenvalue weighted by Crippen LogP contribution is 2.23. The lowest BCUT2D eigenvalue weighted by Crippen LogP contribution is -2.51. The van der Waals surface area contributed by atoms with Gasteiger partial charge in [-0.1, -0.05) is 0 Å². The summed E-state index contributed by atoms with van der Waals surface area (Å²) in [5, 5.41) is 13.2. The molecule has 0 saturated carbocycles. The number of aliphatic hydroxyl groups excluding tert-OH is 1. The number of hydrogen-bond donors (Lipinski definition) is 2. The molecule has 0 aliphatic carbocycles. The van der Waals surface area contributed by atoms with Gasteiger partial charge in [0, 0.05) is 32.2 Å². The Labute approximate surface area is 100 Å². The average Bonchev–Trinajstić information content (AvgIpc) is 2.53. The predicted molar refractivity (Wildman–Crippen MR) is 63.5 cm³/mol. The Morgan fingerprint density at radius 2 is 2.24 bits per heavy atom. The molecule has 2 rings (SSSR count). The van der Waals surface area contributed by atoms with Crippen molar-refractivity contribution in [2.75, 3.05) is 25.4 Å². The largest absolute Gasteiger partial charge is 0.396 e. The van der Waals surface area contributed by atoms with Crippen molar-refractivity contribution in [2.45, 2.75) is 20.4 Å². The van der Waals surface area contributed by atoms with Gasteiger partial charge in [-0.25, -0.2) is 0 Å². The van der Waals surface area contributed by atoms with Gasteiger partial charge in [0.05, 0.1) is 11.4 Å². The van der Waals surface area contributed by atoms with E-state index in [1.54, 1.807) is 16.5 Å². The van der Waals surface area contributed by atoms with E-state index in [1.807, 2.05) is 6.92 Å². The second-order valence-corrected chi connectivity index (χ2v) is 4.42. The number of carbonyl (C=O) groups is 1. The van der Waals surface area contributed by atoms with Gasteiger partial charge in [-0.15, -0.1) is 0 Å². The van der Waals surface area contributed by atoms with Gasteiger partial charge >= 0.3 is 0 Å². The summed E-state index contributed by atoms with van der Waals surface area (Å²) >= 11 is 0. The Morgan fingerprint density at radius 1 is 1.59 bits per heavy atom. The summed E-state index contributed by atoms with van der Waals surface area (Å²) < 4.78 is 1.64. The summed E-state index contributed by atoms with van der Waals surface area (Å²) in [6.07, 6.45) is 0. The van der Waals surface area contributed by atoms with Crippen LogP contribution in [0.3, 0.4) is 0 Å². The van der Waals surface area contributed by atoms with E-state index in [0.717, 1.165) is 0 Å². The van der Waals surface area contributed by atoms with Crippen LogP contribution in [-0.4, -0.2) is 45.4 Å². The van der Waals surface area contributed by atoms with Crippen LogP contribution in [0.15, 0.2) is 0 Å². The summed E-state index contributed by atoms with van der Waals surface area (Å²) in [6, 6.07) is 0. The number of nitrogens with two attached hydrogens (primary N) is 1. The normalized spacial score (nSPS) is 16.1. The van der Waals surface area contributed by atoms with E-state index in [4.69, 9.17) is 10.8 Å². The number of aliphatic hydroxyl groups is 1. The number of amides is 1. The van der Waals surface area contributed by atoms with Gasteiger partial charge in [-0.05, 0) is 13.8 Å². The zero-order chi connectivity index (χ0) is 12.6. The molecule has 1 amide bonds. The standard InChI is InChI=1S/C11H18N4O2/c1-3-15-10(9(12)7(2)13-15)11(17)14-4-8(5-14)6-16/h8,16H,3-6,12H2,1-2H3. The monoisotopic (exact) mass is 238 g/mol. The number of nitrogens with zero attached hydrogens (tertiary/aromatic N) is 3. The minimum atomic E-state index is -0.0883. The smallest absolute Gasteiger partial charge is 0.274 e. The lowest BCUT2D eigenvalue weighted by Gasteiger charge is -2.38. The molecule has 17 heavy (non-hydrogen) atoms. The summed E-state index contributed by atoms with van der Waals surface area (Å²) in [6.45, 7) is 5.67. The molecule has 1 fully saturated rings. The lowest BCUT2D eigenvalue weighted by molar-refractivity contribution is 0.0352. The molecule has 6 heteroatoms. The quantitative estimate of drug-likeness (QED) is 0.767. The van der Waals surface area contributed by atoms with Crippen LogP contribution in [-0.2, 0) is 6.54 Å². The van der Waals surface area contributed by atoms with Crippen molar-refractivity contribution in [3.8, 4) is 0 Å². The number of aryl methyl sites for hydroxylation is 2. The van der Waals surface area contributed by atoms with Gasteiger partial charge in [0.1, 0.15) is 5.69 Å². The summed E-state index contributed by atoms with van der Waals surface area (Å²) in [5.41, 5.74) is 7.51. The van der Waals surface area contributed by atoms with E-state index in [1.165, 1.54) is 0 Å². The first-order valence-electron chi connectivity index (χ1n) is 5.81. The van der Waals surface area contributed by atoms with Gasteiger partial charge in [0.25, 0.3) is 5.91 Å². The van der Waals surface area contributed by atoms with Crippen molar-refractivity contribution < 1.29 is 9.90 Å². The Hall–Kier alpha value is -1.56. The number of hydrogen-bond acceptors (Lipinski definition) is 4. The first-order valence-corrected chi connectivity index (χ1v) is 5.81. The summed E-state index contributed by atoms with van der Waals surface area (Å²) in [5.74, 6) is 0.119. The number of nitrogen functional groups attached to an aromatic ring is 1. The topological polar surface area (TPSA) is 84.4 Å². The van der Waals surface area contributed by atoms with E-state index in [-0.39, 0.29) is 18.4 Å². The molecule has 0 unspecified atom stereocenters. The fourth-order valence-electron chi connectivity index (χ4n) is 2.05. The van der Waals surface area contributed by atoms with Gasteiger partial charge in [-0.3, -0.25) is 9.48 Å². The molecule has 1 aliphatic heterocycles. The minimum Gasteiger partial charge on any atom is -0.396 e. The van der Waals surface area contributed by atoms with Crippen LogP contribution in [0.5, 0.6) is 0 Å². The van der Waals surface area contributed by atoms with E-state index < -0.39 is 0 Å². The number of anilines is 1. The predicted octanol–water partition coefficient (Wildman–Crippen LogP) is -0.142. The molecule has 0 spiro atoms. The second kappa shape index (κ2) is 4.37. The molecule has 2 heterocycles. The van der Waals surface area contributed by atoms with Crippen LogP contribution in [0.1, 0.15) is 23.1 Å². The third kappa shape index (κ3) is 1.88. The van der Waals surface area contributed by atoms with Crippen LogP contribution in [0.25, 0.3) is 0 Å². The molecule has 1 aromatic rings. The van der Waals surface area contributed by atoms with Crippen molar-refractivity contribution in [2.24, 2.45) is 5.92 Å². The Bertz CT molecular complexity index is 435. The minimum absolute atomic E-state index is 0.0883. The maximum Gasteiger partial charge on any atom is 0.274 e. The molecule has 6 nitrogen and oxygen atoms in total. The first kappa shape index (κ1) is 11.9. The molecule has 1 aromatic heterocycles. The fraction of sp³-hybridized carbons (Fsp3) is 0.636. The number of likely N-dealkylation sites (tertiary alicyclic amines) is 1. The molecular weight excluding hydrogens is 220 g/mol. The summed E-state index contributed by atoms with van der Waals surface area (Å²) in [7, 11) is 0. The molecule has 94 valence electrons. The van der Waals surface area contributed by atoms with E-state index >= 15 is 0 Å². The van der Waals surface area contributed by atoms with Crippen LogP contribution < -0.4 is 5.73 Å². The van der Waals surface area contributed by atoms with Crippen molar-refractivity contribution in [3.05, 3.63) is 11.4 Å². The van der Waals surface area contributed by atoms with Gasteiger partial charge < -0.3 is 15.7 Å². The Kier molecular flexibility index (Phi) is 3.06. The molecular formula is C11H18N4O2. The van der Waals surface area contributed by atoms with Gasteiger partial charge in [0.2, 0.25) is 0 Å². The molecule has 0 bridgehead atoms. The highest BCUT2D eigenvalue weighted by molar-refractivity contribution is 5.98. The molecule has 3 N–H and O–H groups in total. The fourth-order valence-corrected chi connectivity index (χ4v) is 2.05. The Morgan fingerprint density at radius 3 is 2.76 bits per heavy atom. The molecule has 0 aromatic carbocycles. The van der Waals surface area contributed by atoms with Crippen molar-refractivity contribution in [3.63, 3.8) is 0 Å². The second-order valence-electron chi connectivity index (χ2n) is 4.42. The lowest BCUT2D eigenvalue weighted by atomic mass is 10.0. The Balaban J connectivity index is 2.20. The zero-order valence-electron chi connectivity index (χ0n) is 10.2. The molecule has 0 radical (unpaired) electrons. The molecule has 1 saturated heterocycles. The number of carbonyl (C=O) groups excluding carboxylic acids is 1. The van der Waals surface area contributed by atoms with E-state index in [9.17, 15) is 4.79 Å². The molecule has 0 atom stereocenters. The highest BCUT2D eigenvalue weighted by Gasteiger charge is 2.33. The summed E-state index contributed by atoms with van der Waals surface area (Å²) in [4.78, 5) is 13.9. The van der Waals surface area contributed by atoms with Gasteiger partial charge in [0.15, 0.2) is 0 Å². The highest BCUT2D eigenvalue weighted by atomic mass is 16.3. The van der Waals surface area contributed by atoms with E-state index in [0.29, 0.717) is 36.7 Å².